The van der Waals surface area contributed by atoms with Crippen molar-refractivity contribution in [3.05, 3.63) is 45.4 Å². The molecule has 2 aromatic rings. The first-order valence-corrected chi connectivity index (χ1v) is 6.90. The van der Waals surface area contributed by atoms with Gasteiger partial charge in [0.2, 0.25) is 0 Å². The molecule has 1 atom stereocenters. The van der Waals surface area contributed by atoms with Crippen molar-refractivity contribution in [3.63, 3.8) is 0 Å². The Morgan fingerprint density at radius 3 is 2.95 bits per heavy atom. The minimum Gasteiger partial charge on any atom is -0.465 e. The smallest absolute Gasteiger partial charge is 0.340 e. The van der Waals surface area contributed by atoms with Crippen LogP contribution in [0, 0.1) is 0 Å². The van der Waals surface area contributed by atoms with E-state index in [1.54, 1.807) is 41.2 Å². The highest BCUT2D eigenvalue weighted by atomic mass is 35.5. The van der Waals surface area contributed by atoms with E-state index in [2.05, 4.69) is 10.3 Å². The van der Waals surface area contributed by atoms with Gasteiger partial charge >= 0.3 is 5.97 Å². The molecular formula is C13H13ClN2O2S. The number of nitrogens with zero attached hydrogens (tertiary/aromatic N) is 1. The second kappa shape index (κ2) is 6.04. The fourth-order valence-corrected chi connectivity index (χ4v) is 2.47. The van der Waals surface area contributed by atoms with E-state index in [4.69, 9.17) is 16.3 Å². The van der Waals surface area contributed by atoms with Crippen LogP contribution in [0.15, 0.2) is 29.9 Å². The summed E-state index contributed by atoms with van der Waals surface area (Å²) in [6.45, 7) is 2.00. The van der Waals surface area contributed by atoms with Crippen molar-refractivity contribution in [1.29, 1.82) is 0 Å². The molecule has 4 nitrogen and oxygen atoms in total. The minimum absolute atomic E-state index is 0.0529. The Kier molecular flexibility index (Phi) is 4.39. The Bertz CT molecular complexity index is 572. The highest BCUT2D eigenvalue weighted by molar-refractivity contribution is 7.09. The number of halogens is 1. The molecule has 1 aromatic heterocycles. The largest absolute Gasteiger partial charge is 0.465 e. The number of hydrogen-bond acceptors (Lipinski definition) is 5. The van der Waals surface area contributed by atoms with Crippen molar-refractivity contribution in [3.8, 4) is 0 Å². The SMILES string of the molecule is COC(=O)c1cc(Cl)ccc1NC(C)c1cncs1. The number of hydrogen-bond donors (Lipinski definition) is 1. The normalized spacial score (nSPS) is 11.9. The molecule has 0 aliphatic heterocycles. The molecule has 0 saturated heterocycles. The van der Waals surface area contributed by atoms with Crippen LogP contribution in [0.25, 0.3) is 0 Å². The second-order valence-corrected chi connectivity index (χ2v) is 5.31. The Balaban J connectivity index is 2.27. The Morgan fingerprint density at radius 2 is 2.32 bits per heavy atom. The van der Waals surface area contributed by atoms with Gasteiger partial charge in [0.25, 0.3) is 0 Å². The molecular weight excluding hydrogens is 284 g/mol. The first kappa shape index (κ1) is 13.8. The fraction of sp³-hybridized carbons (Fsp3) is 0.231. The topological polar surface area (TPSA) is 51.2 Å². The van der Waals surface area contributed by atoms with E-state index in [9.17, 15) is 4.79 Å². The summed E-state index contributed by atoms with van der Waals surface area (Å²) in [4.78, 5) is 16.9. The molecule has 1 N–H and O–H groups in total. The average Bonchev–Trinajstić information content (AvgIpc) is 2.94. The third kappa shape index (κ3) is 3.24. The Labute approximate surface area is 120 Å². The molecule has 1 unspecified atom stereocenters. The molecule has 100 valence electrons. The van der Waals surface area contributed by atoms with Crippen LogP contribution >= 0.6 is 22.9 Å². The van der Waals surface area contributed by atoms with E-state index in [1.165, 1.54) is 7.11 Å². The minimum atomic E-state index is -0.415. The van der Waals surface area contributed by atoms with E-state index < -0.39 is 5.97 Å². The first-order valence-electron chi connectivity index (χ1n) is 5.64. The van der Waals surface area contributed by atoms with Gasteiger partial charge in [-0.1, -0.05) is 11.6 Å². The van der Waals surface area contributed by atoms with Crippen LogP contribution in [-0.2, 0) is 4.74 Å². The molecule has 1 heterocycles. The van der Waals surface area contributed by atoms with Gasteiger partial charge < -0.3 is 10.1 Å². The van der Waals surface area contributed by atoms with Crippen LogP contribution in [0.2, 0.25) is 5.02 Å². The number of carbonyl (C=O) groups is 1. The predicted octanol–water partition coefficient (Wildman–Crippen LogP) is 3.76. The van der Waals surface area contributed by atoms with Gasteiger partial charge in [0, 0.05) is 21.8 Å². The third-order valence-corrected chi connectivity index (χ3v) is 3.83. The lowest BCUT2D eigenvalue weighted by Gasteiger charge is -2.16. The summed E-state index contributed by atoms with van der Waals surface area (Å²) in [6, 6.07) is 5.15. The van der Waals surface area contributed by atoms with Crippen molar-refractivity contribution < 1.29 is 9.53 Å². The van der Waals surface area contributed by atoms with Gasteiger partial charge in [-0.15, -0.1) is 11.3 Å². The zero-order valence-corrected chi connectivity index (χ0v) is 12.1. The molecule has 19 heavy (non-hydrogen) atoms. The van der Waals surface area contributed by atoms with Crippen molar-refractivity contribution in [2.45, 2.75) is 13.0 Å². The lowest BCUT2D eigenvalue weighted by Crippen LogP contribution is -2.11. The summed E-state index contributed by atoms with van der Waals surface area (Å²) < 4.78 is 4.76. The quantitative estimate of drug-likeness (QED) is 0.873. The first-order chi connectivity index (χ1) is 9.11. The van der Waals surface area contributed by atoms with E-state index in [-0.39, 0.29) is 6.04 Å². The van der Waals surface area contributed by atoms with Crippen molar-refractivity contribution >= 4 is 34.6 Å². The van der Waals surface area contributed by atoms with Gasteiger partial charge in [0.05, 0.1) is 24.2 Å². The summed E-state index contributed by atoms with van der Waals surface area (Å²) in [5.41, 5.74) is 2.89. The van der Waals surface area contributed by atoms with Crippen LogP contribution in [0.3, 0.4) is 0 Å². The molecule has 1 aromatic carbocycles. The lowest BCUT2D eigenvalue weighted by molar-refractivity contribution is 0.0602. The highest BCUT2D eigenvalue weighted by Gasteiger charge is 2.15. The number of methoxy groups -OCH3 is 1. The molecule has 6 heteroatoms. The lowest BCUT2D eigenvalue weighted by atomic mass is 10.1. The van der Waals surface area contributed by atoms with Crippen LogP contribution in [-0.4, -0.2) is 18.1 Å². The summed E-state index contributed by atoms with van der Waals surface area (Å²) >= 11 is 7.47. The number of aromatic nitrogens is 1. The third-order valence-electron chi connectivity index (χ3n) is 2.64. The standard InChI is InChI=1S/C13H13ClN2O2S/c1-8(12-6-15-7-19-12)16-11-4-3-9(14)5-10(11)13(17)18-2/h3-8,16H,1-2H3. The highest BCUT2D eigenvalue weighted by Crippen LogP contribution is 2.27. The van der Waals surface area contributed by atoms with Gasteiger partial charge in [-0.2, -0.15) is 0 Å². The number of anilines is 1. The van der Waals surface area contributed by atoms with Crippen LogP contribution in [0.1, 0.15) is 28.2 Å². The molecule has 0 amide bonds. The molecule has 0 aliphatic carbocycles. The maximum absolute atomic E-state index is 11.7. The maximum atomic E-state index is 11.7. The summed E-state index contributed by atoms with van der Waals surface area (Å²) in [7, 11) is 1.35. The molecule has 0 spiro atoms. The summed E-state index contributed by atoms with van der Waals surface area (Å²) in [6.07, 6.45) is 1.80. The molecule has 2 rings (SSSR count). The second-order valence-electron chi connectivity index (χ2n) is 3.95. The number of esters is 1. The van der Waals surface area contributed by atoms with E-state index in [1.807, 2.05) is 6.92 Å². The Hall–Kier alpha value is -1.59. The van der Waals surface area contributed by atoms with Crippen LogP contribution in [0.4, 0.5) is 5.69 Å². The van der Waals surface area contributed by atoms with Gasteiger partial charge in [-0.05, 0) is 25.1 Å². The van der Waals surface area contributed by atoms with Crippen LogP contribution < -0.4 is 5.32 Å². The number of rotatable bonds is 4. The summed E-state index contributed by atoms with van der Waals surface area (Å²) in [5, 5.41) is 3.76. The van der Waals surface area contributed by atoms with Crippen molar-refractivity contribution in [2.24, 2.45) is 0 Å². The van der Waals surface area contributed by atoms with Gasteiger partial charge in [-0.25, -0.2) is 4.79 Å². The molecule has 0 saturated carbocycles. The van der Waals surface area contributed by atoms with Gasteiger partial charge in [0.1, 0.15) is 0 Å². The number of benzene rings is 1. The van der Waals surface area contributed by atoms with E-state index in [0.717, 1.165) is 4.88 Å². The van der Waals surface area contributed by atoms with Gasteiger partial charge in [0.15, 0.2) is 0 Å². The number of thiazole rings is 1. The zero-order chi connectivity index (χ0) is 13.8. The van der Waals surface area contributed by atoms with E-state index >= 15 is 0 Å². The molecule has 0 fully saturated rings. The maximum Gasteiger partial charge on any atom is 0.340 e. The molecule has 0 bridgehead atoms. The average molecular weight is 297 g/mol. The van der Waals surface area contributed by atoms with Crippen LogP contribution in [0.5, 0.6) is 0 Å². The monoisotopic (exact) mass is 296 g/mol. The fourth-order valence-electron chi connectivity index (χ4n) is 1.67. The zero-order valence-electron chi connectivity index (χ0n) is 10.5. The number of ether oxygens (including phenoxy) is 1. The summed E-state index contributed by atoms with van der Waals surface area (Å²) in [5.74, 6) is -0.415. The Morgan fingerprint density at radius 1 is 1.53 bits per heavy atom. The molecule has 0 radical (unpaired) electrons. The van der Waals surface area contributed by atoms with Crippen molar-refractivity contribution in [2.75, 3.05) is 12.4 Å². The number of carbonyl (C=O) groups excluding carboxylic acids is 1. The predicted molar refractivity (Wildman–Crippen MR) is 76.9 cm³/mol. The van der Waals surface area contributed by atoms with Crippen molar-refractivity contribution in [1.82, 2.24) is 4.98 Å². The van der Waals surface area contributed by atoms with E-state index in [0.29, 0.717) is 16.3 Å². The molecule has 0 aliphatic rings. The number of nitrogens with one attached hydrogen (secondary N) is 1. The van der Waals surface area contributed by atoms with Gasteiger partial charge in [-0.3, -0.25) is 4.98 Å².